The molecule has 0 aliphatic carbocycles. The quantitative estimate of drug-likeness (QED) is 0.856. The molecule has 2 amide bonds. The van der Waals surface area contributed by atoms with E-state index in [1.165, 1.54) is 31.2 Å². The number of esters is 1. The molecule has 0 saturated heterocycles. The van der Waals surface area contributed by atoms with Crippen molar-refractivity contribution in [3.8, 4) is 5.75 Å². The predicted octanol–water partition coefficient (Wildman–Crippen LogP) is 2.73. The van der Waals surface area contributed by atoms with Crippen molar-refractivity contribution in [2.24, 2.45) is 0 Å². The van der Waals surface area contributed by atoms with Crippen LogP contribution >= 0.6 is 0 Å². The third kappa shape index (κ3) is 3.61. The fourth-order valence-electron chi connectivity index (χ4n) is 2.32. The second-order valence-electron chi connectivity index (χ2n) is 5.05. The summed E-state index contributed by atoms with van der Waals surface area (Å²) in [6.45, 7) is 1.58. The number of carbonyl (C=O) groups excluding carboxylic acids is 2. The van der Waals surface area contributed by atoms with Crippen LogP contribution in [0.4, 0.5) is 18.0 Å². The zero-order valence-corrected chi connectivity index (χ0v) is 13.1. The number of benzene rings is 1. The third-order valence-corrected chi connectivity index (χ3v) is 3.61. The molecule has 1 aromatic carbocycles. The van der Waals surface area contributed by atoms with Crippen molar-refractivity contribution in [3.63, 3.8) is 0 Å². The Balaban J connectivity index is 2.38. The van der Waals surface area contributed by atoms with Gasteiger partial charge in [0.05, 0.1) is 18.7 Å². The van der Waals surface area contributed by atoms with Gasteiger partial charge in [-0.2, -0.15) is 0 Å². The standard InChI is InChI=1S/C15H15F3N2O4/c1-8-11(13(21)23-3)12(19-14(22)20(8)2)9-4-6-10(7-5-9)24-15(16,17)18/h4-7,12H,1-3H3,(H,19,22)/t12-/m1/s1. The van der Waals surface area contributed by atoms with Crippen LogP contribution in [-0.4, -0.2) is 37.4 Å². The van der Waals surface area contributed by atoms with Crippen molar-refractivity contribution in [1.82, 2.24) is 10.2 Å². The molecule has 0 aromatic heterocycles. The number of amides is 2. The van der Waals surface area contributed by atoms with Crippen LogP contribution in [-0.2, 0) is 9.53 Å². The van der Waals surface area contributed by atoms with E-state index in [9.17, 15) is 22.8 Å². The minimum absolute atomic E-state index is 0.198. The molecule has 1 atom stereocenters. The van der Waals surface area contributed by atoms with E-state index in [1.807, 2.05) is 0 Å². The summed E-state index contributed by atoms with van der Waals surface area (Å²) in [5.41, 5.74) is 1.01. The Hall–Kier alpha value is -2.71. The fourth-order valence-corrected chi connectivity index (χ4v) is 2.32. The Kier molecular flexibility index (Phi) is 4.72. The van der Waals surface area contributed by atoms with E-state index < -0.39 is 30.2 Å². The highest BCUT2D eigenvalue weighted by Gasteiger charge is 2.35. The number of carbonyl (C=O) groups is 2. The molecule has 0 radical (unpaired) electrons. The van der Waals surface area contributed by atoms with Crippen LogP contribution in [0.15, 0.2) is 35.5 Å². The molecule has 1 aliphatic heterocycles. The van der Waals surface area contributed by atoms with Gasteiger partial charge in [0.25, 0.3) is 0 Å². The molecule has 1 N–H and O–H groups in total. The number of nitrogens with one attached hydrogen (secondary N) is 1. The van der Waals surface area contributed by atoms with Gasteiger partial charge in [-0.05, 0) is 24.6 Å². The Bertz CT molecular complexity index is 683. The summed E-state index contributed by atoms with van der Waals surface area (Å²) in [6.07, 6.45) is -4.79. The Morgan fingerprint density at radius 2 is 1.83 bits per heavy atom. The van der Waals surface area contributed by atoms with Crippen molar-refractivity contribution in [2.45, 2.75) is 19.3 Å². The zero-order valence-electron chi connectivity index (χ0n) is 13.1. The number of alkyl halides is 3. The molecular weight excluding hydrogens is 329 g/mol. The summed E-state index contributed by atoms with van der Waals surface area (Å²) in [6, 6.07) is 3.62. The molecule has 0 saturated carbocycles. The van der Waals surface area contributed by atoms with E-state index >= 15 is 0 Å². The number of urea groups is 1. The zero-order chi connectivity index (χ0) is 18.1. The van der Waals surface area contributed by atoms with Crippen molar-refractivity contribution >= 4 is 12.0 Å². The average Bonchev–Trinajstić information content (AvgIpc) is 2.51. The average molecular weight is 344 g/mol. The maximum absolute atomic E-state index is 12.2. The predicted molar refractivity (Wildman–Crippen MR) is 76.9 cm³/mol. The number of allylic oxidation sites excluding steroid dienone is 1. The smallest absolute Gasteiger partial charge is 0.466 e. The molecule has 1 heterocycles. The van der Waals surface area contributed by atoms with Gasteiger partial charge in [0.15, 0.2) is 0 Å². The summed E-state index contributed by atoms with van der Waals surface area (Å²) in [7, 11) is 2.69. The van der Waals surface area contributed by atoms with E-state index in [4.69, 9.17) is 4.74 Å². The van der Waals surface area contributed by atoms with Gasteiger partial charge >= 0.3 is 18.4 Å². The molecule has 6 nitrogen and oxygen atoms in total. The second kappa shape index (κ2) is 6.42. The minimum Gasteiger partial charge on any atom is -0.466 e. The lowest BCUT2D eigenvalue weighted by molar-refractivity contribution is -0.274. The van der Waals surface area contributed by atoms with Crippen LogP contribution in [0.3, 0.4) is 0 Å². The monoisotopic (exact) mass is 344 g/mol. The summed E-state index contributed by atoms with van der Waals surface area (Å²) in [5, 5.41) is 2.61. The van der Waals surface area contributed by atoms with Gasteiger partial charge in [-0.3, -0.25) is 0 Å². The summed E-state index contributed by atoms with van der Waals surface area (Å²) in [5.74, 6) is -1.04. The van der Waals surface area contributed by atoms with E-state index in [0.717, 1.165) is 12.1 Å². The maximum Gasteiger partial charge on any atom is 0.573 e. The van der Waals surface area contributed by atoms with Crippen LogP contribution < -0.4 is 10.1 Å². The molecule has 0 bridgehead atoms. The first-order valence-corrected chi connectivity index (χ1v) is 6.83. The number of rotatable bonds is 3. The Labute approximate surface area is 135 Å². The molecule has 0 spiro atoms. The lowest BCUT2D eigenvalue weighted by atomic mass is 9.95. The molecule has 1 aliphatic rings. The molecule has 0 fully saturated rings. The first-order chi connectivity index (χ1) is 11.1. The molecule has 9 heteroatoms. The highest BCUT2D eigenvalue weighted by Crippen LogP contribution is 2.32. The van der Waals surface area contributed by atoms with Crippen molar-refractivity contribution in [2.75, 3.05) is 14.2 Å². The summed E-state index contributed by atoms with van der Waals surface area (Å²) < 4.78 is 45.1. The number of nitrogens with zero attached hydrogens (tertiary/aromatic N) is 1. The van der Waals surface area contributed by atoms with Crippen LogP contribution in [0, 0.1) is 0 Å². The lowest BCUT2D eigenvalue weighted by Crippen LogP contribution is -2.46. The van der Waals surface area contributed by atoms with Crippen LogP contribution in [0.1, 0.15) is 18.5 Å². The molecule has 1 aromatic rings. The first-order valence-electron chi connectivity index (χ1n) is 6.83. The van der Waals surface area contributed by atoms with Crippen molar-refractivity contribution in [3.05, 3.63) is 41.1 Å². The highest BCUT2D eigenvalue weighted by molar-refractivity contribution is 5.94. The maximum atomic E-state index is 12.2. The van der Waals surface area contributed by atoms with Gasteiger partial charge < -0.3 is 19.7 Å². The van der Waals surface area contributed by atoms with E-state index in [-0.39, 0.29) is 5.57 Å². The van der Waals surface area contributed by atoms with E-state index in [2.05, 4.69) is 10.1 Å². The van der Waals surface area contributed by atoms with Crippen molar-refractivity contribution < 1.29 is 32.2 Å². The van der Waals surface area contributed by atoms with Gasteiger partial charge in [-0.15, -0.1) is 13.2 Å². The van der Waals surface area contributed by atoms with E-state index in [0.29, 0.717) is 11.3 Å². The minimum atomic E-state index is -4.79. The van der Waals surface area contributed by atoms with Gasteiger partial charge in [0.1, 0.15) is 5.75 Å². The second-order valence-corrected chi connectivity index (χ2v) is 5.05. The van der Waals surface area contributed by atoms with Crippen LogP contribution in [0.5, 0.6) is 5.75 Å². The van der Waals surface area contributed by atoms with Crippen molar-refractivity contribution in [1.29, 1.82) is 0 Å². The Morgan fingerprint density at radius 3 is 2.33 bits per heavy atom. The largest absolute Gasteiger partial charge is 0.573 e. The van der Waals surface area contributed by atoms with Gasteiger partial charge in [0.2, 0.25) is 0 Å². The number of methoxy groups -OCH3 is 1. The molecule has 130 valence electrons. The highest BCUT2D eigenvalue weighted by atomic mass is 19.4. The number of hydrogen-bond donors (Lipinski definition) is 1. The van der Waals surface area contributed by atoms with Gasteiger partial charge in [-0.1, -0.05) is 12.1 Å². The first kappa shape index (κ1) is 17.6. The lowest BCUT2D eigenvalue weighted by Gasteiger charge is -2.33. The van der Waals surface area contributed by atoms with Gasteiger partial charge in [-0.25, -0.2) is 9.59 Å². The topological polar surface area (TPSA) is 67.9 Å². The molecule has 24 heavy (non-hydrogen) atoms. The molecule has 0 unspecified atom stereocenters. The van der Waals surface area contributed by atoms with Crippen LogP contribution in [0.2, 0.25) is 0 Å². The van der Waals surface area contributed by atoms with Crippen LogP contribution in [0.25, 0.3) is 0 Å². The van der Waals surface area contributed by atoms with Gasteiger partial charge in [0, 0.05) is 12.7 Å². The number of ether oxygens (including phenoxy) is 2. The summed E-state index contributed by atoms with van der Waals surface area (Å²) >= 11 is 0. The molecule has 2 rings (SSSR count). The number of hydrogen-bond acceptors (Lipinski definition) is 4. The third-order valence-electron chi connectivity index (χ3n) is 3.61. The molecular formula is C15H15F3N2O4. The SMILES string of the molecule is COC(=O)C1=C(C)N(C)C(=O)N[C@@H]1c1ccc(OC(F)(F)F)cc1. The number of halogens is 3. The fraction of sp³-hybridized carbons (Fsp3) is 0.333. The Morgan fingerprint density at radius 1 is 1.25 bits per heavy atom. The van der Waals surface area contributed by atoms with E-state index in [1.54, 1.807) is 6.92 Å². The summed E-state index contributed by atoms with van der Waals surface area (Å²) in [4.78, 5) is 25.2. The normalized spacial score (nSPS) is 18.3.